The molecule has 0 aliphatic carbocycles. The Morgan fingerprint density at radius 2 is 1.86 bits per heavy atom. The van der Waals surface area contributed by atoms with E-state index in [0.29, 0.717) is 37.7 Å². The Hall–Kier alpha value is -3.20. The van der Waals surface area contributed by atoms with Crippen molar-refractivity contribution in [3.05, 3.63) is 50.9 Å². The van der Waals surface area contributed by atoms with Crippen LogP contribution in [0.25, 0.3) is 10.2 Å². The normalized spacial score (nSPS) is 10.7. The van der Waals surface area contributed by atoms with Gasteiger partial charge in [-0.1, -0.05) is 0 Å². The van der Waals surface area contributed by atoms with Crippen molar-refractivity contribution in [2.24, 2.45) is 0 Å². The molecule has 3 aromatic rings. The summed E-state index contributed by atoms with van der Waals surface area (Å²) in [4.78, 5) is 42.3. The molecule has 28 heavy (non-hydrogen) atoms. The number of rotatable bonds is 6. The number of fused-ring (bicyclic) bond motifs is 1. The molecule has 0 N–H and O–H groups in total. The lowest BCUT2D eigenvalue weighted by molar-refractivity contribution is 0.0605. The smallest absolute Gasteiger partial charge is 0.348 e. The molecule has 0 amide bonds. The van der Waals surface area contributed by atoms with E-state index < -0.39 is 5.97 Å². The molecule has 9 heteroatoms. The van der Waals surface area contributed by atoms with Crippen molar-refractivity contribution in [2.75, 3.05) is 21.3 Å². The van der Waals surface area contributed by atoms with E-state index in [1.165, 1.54) is 32.2 Å². The second-order valence-corrected chi connectivity index (χ2v) is 6.90. The van der Waals surface area contributed by atoms with Crippen molar-refractivity contribution in [1.29, 1.82) is 0 Å². The Bertz CT molecular complexity index is 1130. The maximum atomic E-state index is 12.8. The van der Waals surface area contributed by atoms with Gasteiger partial charge >= 0.3 is 5.97 Å². The van der Waals surface area contributed by atoms with E-state index in [1.54, 1.807) is 25.1 Å². The third-order valence-corrected chi connectivity index (χ3v) is 5.49. The van der Waals surface area contributed by atoms with Crippen LogP contribution in [-0.2, 0) is 11.3 Å². The number of aryl methyl sites for hydroxylation is 1. The van der Waals surface area contributed by atoms with Gasteiger partial charge in [-0.3, -0.25) is 14.2 Å². The minimum atomic E-state index is -0.521. The molecule has 2 heterocycles. The summed E-state index contributed by atoms with van der Waals surface area (Å²) < 4.78 is 16.3. The summed E-state index contributed by atoms with van der Waals surface area (Å²) in [5.41, 5.74) is 0.488. The first-order chi connectivity index (χ1) is 13.4. The zero-order chi connectivity index (χ0) is 20.4. The van der Waals surface area contributed by atoms with E-state index in [-0.39, 0.29) is 17.9 Å². The third-order valence-electron chi connectivity index (χ3n) is 4.31. The minimum absolute atomic E-state index is 0.194. The number of hydrogen-bond acceptors (Lipinski definition) is 8. The lowest BCUT2D eigenvalue weighted by Gasteiger charge is -2.10. The fraction of sp³-hybridized carbons (Fsp3) is 0.263. The number of ether oxygens (including phenoxy) is 3. The zero-order valence-electron chi connectivity index (χ0n) is 15.8. The fourth-order valence-electron chi connectivity index (χ4n) is 2.81. The van der Waals surface area contributed by atoms with E-state index in [9.17, 15) is 14.4 Å². The van der Waals surface area contributed by atoms with Crippen molar-refractivity contribution in [3.63, 3.8) is 0 Å². The maximum absolute atomic E-state index is 12.8. The van der Waals surface area contributed by atoms with Crippen molar-refractivity contribution in [2.45, 2.75) is 13.5 Å². The van der Waals surface area contributed by atoms with Gasteiger partial charge in [0, 0.05) is 5.56 Å². The molecule has 0 aliphatic rings. The average Bonchev–Trinajstić information content (AvgIpc) is 3.05. The molecule has 0 bridgehead atoms. The summed E-state index contributed by atoms with van der Waals surface area (Å²) in [6.07, 6.45) is 1.31. The highest BCUT2D eigenvalue weighted by molar-refractivity contribution is 7.20. The first kappa shape index (κ1) is 19.6. The molecule has 3 rings (SSSR count). The number of nitrogens with zero attached hydrogens (tertiary/aromatic N) is 2. The number of aromatic nitrogens is 2. The van der Waals surface area contributed by atoms with Gasteiger partial charge in [0.15, 0.2) is 17.3 Å². The number of esters is 1. The average molecular weight is 402 g/mol. The summed E-state index contributed by atoms with van der Waals surface area (Å²) in [6, 6.07) is 4.79. The fourth-order valence-corrected chi connectivity index (χ4v) is 3.87. The lowest BCUT2D eigenvalue weighted by Crippen LogP contribution is -2.24. The monoisotopic (exact) mass is 402 g/mol. The van der Waals surface area contributed by atoms with Crippen LogP contribution in [0.3, 0.4) is 0 Å². The number of methoxy groups -OCH3 is 3. The summed E-state index contributed by atoms with van der Waals surface area (Å²) in [6.45, 7) is 1.47. The lowest BCUT2D eigenvalue weighted by atomic mass is 10.1. The van der Waals surface area contributed by atoms with Gasteiger partial charge in [-0.15, -0.1) is 11.3 Å². The molecule has 0 fully saturated rings. The molecular formula is C19H18N2O6S. The number of carbonyl (C=O) groups is 2. The summed E-state index contributed by atoms with van der Waals surface area (Å²) in [7, 11) is 4.26. The number of Topliss-reactive ketones (excluding diaryl/α,β-unsaturated/α-hetero) is 1. The van der Waals surface area contributed by atoms with Crippen LogP contribution in [0.4, 0.5) is 0 Å². The van der Waals surface area contributed by atoms with Gasteiger partial charge in [-0.25, -0.2) is 9.78 Å². The van der Waals surface area contributed by atoms with Crippen molar-refractivity contribution in [3.8, 4) is 11.5 Å². The van der Waals surface area contributed by atoms with Crippen LogP contribution in [0.1, 0.15) is 25.6 Å². The number of hydrogen-bond donors (Lipinski definition) is 0. The van der Waals surface area contributed by atoms with Crippen LogP contribution in [0.2, 0.25) is 0 Å². The summed E-state index contributed by atoms with van der Waals surface area (Å²) >= 11 is 1.09. The molecule has 0 aliphatic heterocycles. The molecule has 0 unspecified atom stereocenters. The molecule has 0 saturated heterocycles. The molecular weight excluding hydrogens is 384 g/mol. The van der Waals surface area contributed by atoms with Crippen LogP contribution < -0.4 is 15.0 Å². The SMILES string of the molecule is COC(=O)c1sc2ncn(CC(=O)c3ccc(OC)c(OC)c3)c(=O)c2c1C. The predicted molar refractivity (Wildman–Crippen MR) is 104 cm³/mol. The van der Waals surface area contributed by atoms with Crippen LogP contribution in [0.15, 0.2) is 29.3 Å². The topological polar surface area (TPSA) is 96.7 Å². The number of thiophene rings is 1. The number of ketones is 1. The Balaban J connectivity index is 1.97. The van der Waals surface area contributed by atoms with Crippen molar-refractivity contribution < 1.29 is 23.8 Å². The molecule has 0 saturated carbocycles. The first-order valence-corrected chi connectivity index (χ1v) is 9.05. The first-order valence-electron chi connectivity index (χ1n) is 8.23. The Morgan fingerprint density at radius 1 is 1.14 bits per heavy atom. The standard InChI is InChI=1S/C19H18N2O6S/c1-10-15-17(28-16(10)19(24)27-4)20-9-21(18(15)23)8-12(22)11-5-6-13(25-2)14(7-11)26-3/h5-7,9H,8H2,1-4H3. The molecule has 0 spiro atoms. The van der Waals surface area contributed by atoms with Gasteiger partial charge < -0.3 is 14.2 Å². The Morgan fingerprint density at radius 3 is 2.50 bits per heavy atom. The third kappa shape index (κ3) is 3.36. The van der Waals surface area contributed by atoms with Gasteiger partial charge in [0.05, 0.1) is 39.6 Å². The molecule has 0 atom stereocenters. The molecule has 146 valence electrons. The highest BCUT2D eigenvalue weighted by Gasteiger charge is 2.20. The predicted octanol–water partition coefficient (Wildman–Crippen LogP) is 2.45. The van der Waals surface area contributed by atoms with E-state index in [0.717, 1.165) is 11.3 Å². The van der Waals surface area contributed by atoms with Crippen LogP contribution in [0, 0.1) is 6.92 Å². The van der Waals surface area contributed by atoms with Crippen LogP contribution in [-0.4, -0.2) is 42.6 Å². The van der Waals surface area contributed by atoms with Crippen LogP contribution >= 0.6 is 11.3 Å². The second kappa shape index (κ2) is 7.81. The quantitative estimate of drug-likeness (QED) is 0.461. The van der Waals surface area contributed by atoms with E-state index >= 15 is 0 Å². The highest BCUT2D eigenvalue weighted by Crippen LogP contribution is 2.29. The number of benzene rings is 1. The molecule has 8 nitrogen and oxygen atoms in total. The zero-order valence-corrected chi connectivity index (χ0v) is 16.6. The van der Waals surface area contributed by atoms with Gasteiger partial charge in [0.1, 0.15) is 9.71 Å². The van der Waals surface area contributed by atoms with E-state index in [1.807, 2.05) is 0 Å². The van der Waals surface area contributed by atoms with E-state index in [2.05, 4.69) is 4.98 Å². The maximum Gasteiger partial charge on any atom is 0.348 e. The summed E-state index contributed by atoms with van der Waals surface area (Å²) in [5.74, 6) is 0.118. The molecule has 0 radical (unpaired) electrons. The van der Waals surface area contributed by atoms with Crippen LogP contribution in [0.5, 0.6) is 11.5 Å². The van der Waals surface area contributed by atoms with Crippen molar-refractivity contribution in [1.82, 2.24) is 9.55 Å². The van der Waals surface area contributed by atoms with Gasteiger partial charge in [0.2, 0.25) is 0 Å². The number of carbonyl (C=O) groups excluding carboxylic acids is 2. The van der Waals surface area contributed by atoms with Gasteiger partial charge in [-0.05, 0) is 30.7 Å². The Labute approximate surface area is 164 Å². The second-order valence-electron chi connectivity index (χ2n) is 5.90. The van der Waals surface area contributed by atoms with Gasteiger partial charge in [0.25, 0.3) is 5.56 Å². The summed E-state index contributed by atoms with van der Waals surface area (Å²) in [5, 5.41) is 0.313. The van der Waals surface area contributed by atoms with E-state index in [4.69, 9.17) is 14.2 Å². The molecule has 2 aromatic heterocycles. The molecule has 1 aromatic carbocycles. The Kier molecular flexibility index (Phi) is 5.46. The van der Waals surface area contributed by atoms with Gasteiger partial charge in [-0.2, -0.15) is 0 Å². The minimum Gasteiger partial charge on any atom is -0.493 e. The van der Waals surface area contributed by atoms with Crippen molar-refractivity contribution >= 4 is 33.3 Å². The largest absolute Gasteiger partial charge is 0.493 e. The highest BCUT2D eigenvalue weighted by atomic mass is 32.1.